The number of aromatic nitrogens is 2. The third kappa shape index (κ3) is 3.47. The van der Waals surface area contributed by atoms with E-state index in [1.165, 1.54) is 16.0 Å². The van der Waals surface area contributed by atoms with E-state index in [2.05, 4.69) is 31.9 Å². The fourth-order valence-electron chi connectivity index (χ4n) is 2.29. The molecule has 25 heavy (non-hydrogen) atoms. The SMILES string of the molecule is CCn1nc(C(=O)NNC(=O)c2ccc(Br)s2)c2ccccc2c1=O. The summed E-state index contributed by atoms with van der Waals surface area (Å²) in [4.78, 5) is 37.2. The van der Waals surface area contributed by atoms with Crippen LogP contribution in [0.15, 0.2) is 45.0 Å². The Hall–Kier alpha value is -2.52. The van der Waals surface area contributed by atoms with Crippen molar-refractivity contribution >= 4 is 49.9 Å². The maximum atomic E-state index is 12.5. The maximum absolute atomic E-state index is 12.5. The van der Waals surface area contributed by atoms with Crippen molar-refractivity contribution in [3.05, 3.63) is 61.1 Å². The van der Waals surface area contributed by atoms with Crippen LogP contribution in [0.25, 0.3) is 10.8 Å². The first-order chi connectivity index (χ1) is 12.0. The minimum absolute atomic E-state index is 0.0738. The number of hydrogen-bond acceptors (Lipinski definition) is 5. The Morgan fingerprint density at radius 2 is 1.80 bits per heavy atom. The zero-order valence-electron chi connectivity index (χ0n) is 13.1. The van der Waals surface area contributed by atoms with Crippen molar-refractivity contribution < 1.29 is 9.59 Å². The van der Waals surface area contributed by atoms with Gasteiger partial charge in [-0.2, -0.15) is 5.10 Å². The fraction of sp³-hybridized carbons (Fsp3) is 0.125. The van der Waals surface area contributed by atoms with Crippen LogP contribution in [-0.4, -0.2) is 21.6 Å². The van der Waals surface area contributed by atoms with Crippen molar-refractivity contribution in [3.63, 3.8) is 0 Å². The average Bonchev–Trinajstić information content (AvgIpc) is 3.06. The molecule has 0 aliphatic rings. The molecule has 0 aliphatic heterocycles. The van der Waals surface area contributed by atoms with E-state index < -0.39 is 11.8 Å². The van der Waals surface area contributed by atoms with Crippen molar-refractivity contribution in [1.82, 2.24) is 20.6 Å². The average molecular weight is 421 g/mol. The van der Waals surface area contributed by atoms with E-state index >= 15 is 0 Å². The first-order valence-corrected chi connectivity index (χ1v) is 8.98. The molecule has 3 aromatic rings. The lowest BCUT2D eigenvalue weighted by Gasteiger charge is -2.10. The highest BCUT2D eigenvalue weighted by Crippen LogP contribution is 2.21. The van der Waals surface area contributed by atoms with Crippen molar-refractivity contribution in [2.75, 3.05) is 0 Å². The summed E-state index contributed by atoms with van der Waals surface area (Å²) in [6.07, 6.45) is 0. The van der Waals surface area contributed by atoms with Gasteiger partial charge in [-0.25, -0.2) is 4.68 Å². The predicted molar refractivity (Wildman–Crippen MR) is 98.6 cm³/mol. The predicted octanol–water partition coefficient (Wildman–Crippen LogP) is 2.32. The van der Waals surface area contributed by atoms with Gasteiger partial charge in [0.1, 0.15) is 0 Å². The summed E-state index contributed by atoms with van der Waals surface area (Å²) in [6.45, 7) is 2.10. The number of nitrogens with one attached hydrogen (secondary N) is 2. The van der Waals surface area contributed by atoms with E-state index in [4.69, 9.17) is 0 Å². The molecule has 0 saturated heterocycles. The largest absolute Gasteiger partial charge is 0.290 e. The van der Waals surface area contributed by atoms with Crippen LogP contribution in [-0.2, 0) is 6.54 Å². The van der Waals surface area contributed by atoms with Gasteiger partial charge >= 0.3 is 0 Å². The Morgan fingerprint density at radius 3 is 2.44 bits per heavy atom. The molecule has 0 aliphatic carbocycles. The number of carbonyl (C=O) groups excluding carboxylic acids is 2. The molecule has 2 N–H and O–H groups in total. The molecule has 2 amide bonds. The van der Waals surface area contributed by atoms with E-state index in [1.54, 1.807) is 43.3 Å². The van der Waals surface area contributed by atoms with Crippen LogP contribution < -0.4 is 16.4 Å². The Bertz CT molecular complexity index is 1030. The van der Waals surface area contributed by atoms with E-state index in [9.17, 15) is 14.4 Å². The number of amides is 2. The summed E-state index contributed by atoms with van der Waals surface area (Å²) in [5.74, 6) is -1.03. The molecule has 1 aromatic carbocycles. The lowest BCUT2D eigenvalue weighted by Crippen LogP contribution is -2.42. The standard InChI is InChI=1S/C16H13BrN4O3S/c1-2-21-16(24)10-6-4-3-5-9(10)13(20-21)15(23)19-18-14(22)11-7-8-12(17)25-11/h3-8H,2H2,1H3,(H,18,22)(H,19,23). The summed E-state index contributed by atoms with van der Waals surface area (Å²) in [7, 11) is 0. The second-order valence-electron chi connectivity index (χ2n) is 5.03. The number of hydrazine groups is 1. The molecule has 2 aromatic heterocycles. The van der Waals surface area contributed by atoms with Gasteiger partial charge in [0.05, 0.1) is 14.0 Å². The molecule has 0 unspecified atom stereocenters. The van der Waals surface area contributed by atoms with Gasteiger partial charge in [-0.3, -0.25) is 25.2 Å². The number of benzene rings is 1. The first-order valence-electron chi connectivity index (χ1n) is 7.37. The molecule has 0 saturated carbocycles. The second-order valence-corrected chi connectivity index (χ2v) is 7.49. The van der Waals surface area contributed by atoms with Crippen molar-refractivity contribution in [3.8, 4) is 0 Å². The molecule has 0 radical (unpaired) electrons. The minimum atomic E-state index is -0.595. The zero-order valence-corrected chi connectivity index (χ0v) is 15.5. The normalized spacial score (nSPS) is 10.6. The summed E-state index contributed by atoms with van der Waals surface area (Å²) in [5.41, 5.74) is 4.51. The molecule has 0 spiro atoms. The van der Waals surface area contributed by atoms with Gasteiger partial charge in [-0.05, 0) is 41.1 Å². The van der Waals surface area contributed by atoms with Crippen LogP contribution in [0.3, 0.4) is 0 Å². The molecule has 0 bridgehead atoms. The number of aryl methyl sites for hydroxylation is 1. The number of nitrogens with zero attached hydrogens (tertiary/aromatic N) is 2. The van der Waals surface area contributed by atoms with Crippen LogP contribution >= 0.6 is 27.3 Å². The Morgan fingerprint density at radius 1 is 1.12 bits per heavy atom. The first kappa shape index (κ1) is 17.3. The van der Waals surface area contributed by atoms with Gasteiger partial charge in [-0.15, -0.1) is 11.3 Å². The monoisotopic (exact) mass is 420 g/mol. The summed E-state index contributed by atoms with van der Waals surface area (Å²) >= 11 is 4.52. The number of rotatable bonds is 3. The number of thiophene rings is 1. The van der Waals surface area contributed by atoms with Crippen LogP contribution in [0.5, 0.6) is 0 Å². The highest BCUT2D eigenvalue weighted by Gasteiger charge is 2.17. The molecular weight excluding hydrogens is 408 g/mol. The van der Waals surface area contributed by atoms with E-state index in [1.807, 2.05) is 0 Å². The molecule has 0 fully saturated rings. The van der Waals surface area contributed by atoms with Crippen LogP contribution in [0.4, 0.5) is 0 Å². The minimum Gasteiger partial charge on any atom is -0.267 e. The summed E-state index contributed by atoms with van der Waals surface area (Å²) in [5, 5.41) is 4.94. The molecule has 128 valence electrons. The quantitative estimate of drug-likeness (QED) is 0.635. The smallest absolute Gasteiger partial charge is 0.267 e. The van der Waals surface area contributed by atoms with E-state index in [0.717, 1.165) is 3.79 Å². The molecule has 3 rings (SSSR count). The van der Waals surface area contributed by atoms with E-state index in [0.29, 0.717) is 22.2 Å². The van der Waals surface area contributed by atoms with Crippen LogP contribution in [0.1, 0.15) is 27.1 Å². The summed E-state index contributed by atoms with van der Waals surface area (Å²) < 4.78 is 2.03. The van der Waals surface area contributed by atoms with Crippen molar-refractivity contribution in [2.24, 2.45) is 0 Å². The fourth-order valence-corrected chi connectivity index (χ4v) is 3.57. The maximum Gasteiger partial charge on any atom is 0.290 e. The Balaban J connectivity index is 1.88. The topological polar surface area (TPSA) is 93.1 Å². The number of halogens is 1. The molecular formula is C16H13BrN4O3S. The lowest BCUT2D eigenvalue weighted by molar-refractivity contribution is 0.0846. The highest BCUT2D eigenvalue weighted by atomic mass is 79.9. The summed E-state index contributed by atoms with van der Waals surface area (Å²) in [6, 6.07) is 10.1. The molecule has 7 nitrogen and oxygen atoms in total. The molecule has 2 heterocycles. The lowest BCUT2D eigenvalue weighted by atomic mass is 10.1. The highest BCUT2D eigenvalue weighted by molar-refractivity contribution is 9.11. The Kier molecular flexibility index (Phi) is 4.95. The van der Waals surface area contributed by atoms with Gasteiger partial charge < -0.3 is 0 Å². The van der Waals surface area contributed by atoms with Crippen LogP contribution in [0.2, 0.25) is 0 Å². The Labute approximate surface area is 154 Å². The van der Waals surface area contributed by atoms with Gasteiger partial charge in [-0.1, -0.05) is 18.2 Å². The van der Waals surface area contributed by atoms with Gasteiger partial charge in [0, 0.05) is 11.9 Å². The van der Waals surface area contributed by atoms with Gasteiger partial charge in [0.2, 0.25) is 0 Å². The third-order valence-electron chi connectivity index (χ3n) is 3.47. The van der Waals surface area contributed by atoms with Gasteiger partial charge in [0.25, 0.3) is 17.4 Å². The molecule has 0 atom stereocenters. The third-order valence-corrected chi connectivity index (χ3v) is 5.09. The van der Waals surface area contributed by atoms with E-state index in [-0.39, 0.29) is 11.3 Å². The number of fused-ring (bicyclic) bond motifs is 1. The van der Waals surface area contributed by atoms with Crippen molar-refractivity contribution in [2.45, 2.75) is 13.5 Å². The second kappa shape index (κ2) is 7.16. The van der Waals surface area contributed by atoms with Gasteiger partial charge in [0.15, 0.2) is 5.69 Å². The van der Waals surface area contributed by atoms with Crippen LogP contribution in [0, 0.1) is 0 Å². The zero-order chi connectivity index (χ0) is 18.0. The number of hydrogen-bond donors (Lipinski definition) is 2. The number of carbonyl (C=O) groups is 2. The molecule has 9 heteroatoms. The van der Waals surface area contributed by atoms with Crippen molar-refractivity contribution in [1.29, 1.82) is 0 Å².